The smallest absolute Gasteiger partial charge is 0.246 e. The number of rotatable bonds is 8. The van der Waals surface area contributed by atoms with E-state index in [1.807, 2.05) is 6.92 Å². The second-order valence-corrected chi connectivity index (χ2v) is 4.41. The average Bonchev–Trinajstić information content (AvgIpc) is 2.41. The molecule has 0 aromatic heterocycles. The Kier molecular flexibility index (Phi) is 6.97. The molecule has 4 nitrogen and oxygen atoms in total. The lowest BCUT2D eigenvalue weighted by molar-refractivity contribution is -0.125. The standard InChI is InChI=1S/C15H24N2O2/c1-4-17(14-8-6-7-13(3)11-14)10-9-16-15(18)12-19-5-2/h6-8,11H,4-5,9-10,12H2,1-3H3,(H,16,18). The lowest BCUT2D eigenvalue weighted by atomic mass is 10.2. The number of benzene rings is 1. The van der Waals surface area contributed by atoms with Crippen LogP contribution in [0.5, 0.6) is 0 Å². The van der Waals surface area contributed by atoms with E-state index in [9.17, 15) is 4.79 Å². The second kappa shape index (κ2) is 8.53. The van der Waals surface area contributed by atoms with E-state index in [2.05, 4.69) is 48.3 Å². The first kappa shape index (κ1) is 15.5. The molecule has 0 saturated carbocycles. The van der Waals surface area contributed by atoms with Crippen LogP contribution in [0.1, 0.15) is 19.4 Å². The van der Waals surface area contributed by atoms with E-state index < -0.39 is 0 Å². The highest BCUT2D eigenvalue weighted by atomic mass is 16.5. The summed E-state index contributed by atoms with van der Waals surface area (Å²) in [6.45, 7) is 9.15. The third kappa shape index (κ3) is 5.75. The van der Waals surface area contributed by atoms with E-state index in [0.717, 1.165) is 13.1 Å². The van der Waals surface area contributed by atoms with Gasteiger partial charge in [0.15, 0.2) is 0 Å². The highest BCUT2D eigenvalue weighted by molar-refractivity contribution is 5.77. The maximum absolute atomic E-state index is 11.4. The van der Waals surface area contributed by atoms with Crippen molar-refractivity contribution in [1.82, 2.24) is 5.32 Å². The summed E-state index contributed by atoms with van der Waals surface area (Å²) in [5.41, 5.74) is 2.44. The number of hydrogen-bond acceptors (Lipinski definition) is 3. The number of hydrogen-bond donors (Lipinski definition) is 1. The van der Waals surface area contributed by atoms with Crippen molar-refractivity contribution in [2.75, 3.05) is 37.7 Å². The first-order valence-electron chi connectivity index (χ1n) is 6.83. The Hall–Kier alpha value is -1.55. The minimum atomic E-state index is -0.0536. The summed E-state index contributed by atoms with van der Waals surface area (Å²) in [7, 11) is 0. The van der Waals surface area contributed by atoms with Gasteiger partial charge in [0, 0.05) is 31.9 Å². The highest BCUT2D eigenvalue weighted by Gasteiger charge is 2.05. The number of aryl methyl sites for hydroxylation is 1. The maximum atomic E-state index is 11.4. The van der Waals surface area contributed by atoms with E-state index in [4.69, 9.17) is 4.74 Å². The lowest BCUT2D eigenvalue weighted by Gasteiger charge is -2.23. The molecule has 1 amide bonds. The molecule has 0 saturated heterocycles. The van der Waals surface area contributed by atoms with Gasteiger partial charge in [-0.2, -0.15) is 0 Å². The Morgan fingerprint density at radius 2 is 2.16 bits per heavy atom. The maximum Gasteiger partial charge on any atom is 0.246 e. The van der Waals surface area contributed by atoms with Gasteiger partial charge in [-0.15, -0.1) is 0 Å². The molecule has 0 spiro atoms. The van der Waals surface area contributed by atoms with Gasteiger partial charge in [-0.3, -0.25) is 4.79 Å². The number of likely N-dealkylation sites (N-methyl/N-ethyl adjacent to an activating group) is 1. The Labute approximate surface area is 115 Å². The molecular weight excluding hydrogens is 240 g/mol. The van der Waals surface area contributed by atoms with Gasteiger partial charge in [0.1, 0.15) is 6.61 Å². The molecule has 0 aliphatic heterocycles. The normalized spacial score (nSPS) is 10.3. The van der Waals surface area contributed by atoms with Crippen LogP contribution in [-0.4, -0.2) is 38.8 Å². The molecular formula is C15H24N2O2. The SMILES string of the molecule is CCOCC(=O)NCCN(CC)c1cccc(C)c1. The Morgan fingerprint density at radius 3 is 2.79 bits per heavy atom. The van der Waals surface area contributed by atoms with Gasteiger partial charge in [-0.25, -0.2) is 0 Å². The summed E-state index contributed by atoms with van der Waals surface area (Å²) in [6.07, 6.45) is 0. The fourth-order valence-corrected chi connectivity index (χ4v) is 1.87. The van der Waals surface area contributed by atoms with Crippen LogP contribution in [-0.2, 0) is 9.53 Å². The van der Waals surface area contributed by atoms with Gasteiger partial charge in [-0.1, -0.05) is 12.1 Å². The van der Waals surface area contributed by atoms with Crippen molar-refractivity contribution >= 4 is 11.6 Å². The molecule has 0 fully saturated rings. The Morgan fingerprint density at radius 1 is 1.37 bits per heavy atom. The molecule has 106 valence electrons. The zero-order chi connectivity index (χ0) is 14.1. The fraction of sp³-hybridized carbons (Fsp3) is 0.533. The van der Waals surface area contributed by atoms with Crippen LogP contribution in [0.2, 0.25) is 0 Å². The molecule has 19 heavy (non-hydrogen) atoms. The van der Waals surface area contributed by atoms with Crippen molar-refractivity contribution in [3.8, 4) is 0 Å². The largest absolute Gasteiger partial charge is 0.372 e. The summed E-state index contributed by atoms with van der Waals surface area (Å²) in [4.78, 5) is 13.7. The van der Waals surface area contributed by atoms with Crippen molar-refractivity contribution in [3.05, 3.63) is 29.8 Å². The summed E-state index contributed by atoms with van der Waals surface area (Å²) < 4.78 is 5.05. The number of carbonyl (C=O) groups excluding carboxylic acids is 1. The number of nitrogens with zero attached hydrogens (tertiary/aromatic N) is 1. The number of nitrogens with one attached hydrogen (secondary N) is 1. The molecule has 0 unspecified atom stereocenters. The van der Waals surface area contributed by atoms with E-state index >= 15 is 0 Å². The van der Waals surface area contributed by atoms with Crippen molar-refractivity contribution in [3.63, 3.8) is 0 Å². The van der Waals surface area contributed by atoms with Crippen LogP contribution >= 0.6 is 0 Å². The minimum Gasteiger partial charge on any atom is -0.372 e. The van der Waals surface area contributed by atoms with Gasteiger partial charge >= 0.3 is 0 Å². The van der Waals surface area contributed by atoms with Gasteiger partial charge < -0.3 is 15.0 Å². The molecule has 1 rings (SSSR count). The predicted octanol–water partition coefficient (Wildman–Crippen LogP) is 1.97. The molecule has 0 atom stereocenters. The topological polar surface area (TPSA) is 41.6 Å². The Balaban J connectivity index is 2.39. The van der Waals surface area contributed by atoms with Crippen molar-refractivity contribution in [2.24, 2.45) is 0 Å². The van der Waals surface area contributed by atoms with Crippen molar-refractivity contribution in [1.29, 1.82) is 0 Å². The first-order valence-corrected chi connectivity index (χ1v) is 6.83. The van der Waals surface area contributed by atoms with E-state index in [0.29, 0.717) is 13.2 Å². The van der Waals surface area contributed by atoms with Crippen LogP contribution in [0.25, 0.3) is 0 Å². The van der Waals surface area contributed by atoms with Crippen molar-refractivity contribution in [2.45, 2.75) is 20.8 Å². The second-order valence-electron chi connectivity index (χ2n) is 4.41. The highest BCUT2D eigenvalue weighted by Crippen LogP contribution is 2.14. The molecule has 0 aliphatic carbocycles. The third-order valence-corrected chi connectivity index (χ3v) is 2.89. The molecule has 0 heterocycles. The fourth-order valence-electron chi connectivity index (χ4n) is 1.87. The zero-order valence-electron chi connectivity index (χ0n) is 12.1. The number of carbonyl (C=O) groups is 1. The van der Waals surface area contributed by atoms with Crippen LogP contribution in [0.15, 0.2) is 24.3 Å². The van der Waals surface area contributed by atoms with Gasteiger partial charge in [0.2, 0.25) is 5.91 Å². The summed E-state index contributed by atoms with van der Waals surface area (Å²) in [5, 5.41) is 2.86. The van der Waals surface area contributed by atoms with Crippen LogP contribution in [0, 0.1) is 6.92 Å². The van der Waals surface area contributed by atoms with Gasteiger partial charge in [-0.05, 0) is 38.5 Å². The Bertz CT molecular complexity index is 393. The molecule has 0 radical (unpaired) electrons. The molecule has 4 heteroatoms. The average molecular weight is 264 g/mol. The van der Waals surface area contributed by atoms with Crippen LogP contribution in [0.4, 0.5) is 5.69 Å². The summed E-state index contributed by atoms with van der Waals surface area (Å²) >= 11 is 0. The van der Waals surface area contributed by atoms with E-state index in [-0.39, 0.29) is 12.5 Å². The number of ether oxygens (including phenoxy) is 1. The number of amides is 1. The number of anilines is 1. The predicted molar refractivity (Wildman–Crippen MR) is 78.6 cm³/mol. The van der Waals surface area contributed by atoms with Gasteiger partial charge in [0.05, 0.1) is 0 Å². The lowest BCUT2D eigenvalue weighted by Crippen LogP contribution is -2.36. The van der Waals surface area contributed by atoms with Crippen LogP contribution in [0.3, 0.4) is 0 Å². The third-order valence-electron chi connectivity index (χ3n) is 2.89. The van der Waals surface area contributed by atoms with Gasteiger partial charge in [0.25, 0.3) is 0 Å². The van der Waals surface area contributed by atoms with Crippen LogP contribution < -0.4 is 10.2 Å². The first-order chi connectivity index (χ1) is 9.17. The quantitative estimate of drug-likeness (QED) is 0.780. The molecule has 0 aliphatic rings. The van der Waals surface area contributed by atoms with Crippen molar-refractivity contribution < 1.29 is 9.53 Å². The zero-order valence-corrected chi connectivity index (χ0v) is 12.1. The summed E-state index contributed by atoms with van der Waals surface area (Å²) in [6, 6.07) is 8.40. The monoisotopic (exact) mass is 264 g/mol. The van der Waals surface area contributed by atoms with E-state index in [1.54, 1.807) is 0 Å². The molecule has 1 aromatic carbocycles. The molecule has 1 aromatic rings. The molecule has 0 bridgehead atoms. The van der Waals surface area contributed by atoms with E-state index in [1.165, 1.54) is 11.3 Å². The molecule has 1 N–H and O–H groups in total. The summed E-state index contributed by atoms with van der Waals surface area (Å²) in [5.74, 6) is -0.0536. The minimum absolute atomic E-state index is 0.0536.